The fourth-order valence-corrected chi connectivity index (χ4v) is 3.92. The third-order valence-electron chi connectivity index (χ3n) is 3.90. The summed E-state index contributed by atoms with van der Waals surface area (Å²) in [5.74, 6) is -1.06. The van der Waals surface area contributed by atoms with E-state index >= 15 is 0 Å². The lowest BCUT2D eigenvalue weighted by molar-refractivity contribution is -0.127. The molecule has 2 aromatic carbocycles. The van der Waals surface area contributed by atoms with E-state index in [1.165, 1.54) is 6.08 Å². The number of nitrogens with one attached hydrogen (secondary N) is 1. The Morgan fingerprint density at radius 1 is 1.11 bits per heavy atom. The number of imide groups is 1. The zero-order valence-corrected chi connectivity index (χ0v) is 17.5. The van der Waals surface area contributed by atoms with Gasteiger partial charge in [-0.25, -0.2) is 0 Å². The molecule has 0 unspecified atom stereocenters. The predicted octanol–water partition coefficient (Wildman–Crippen LogP) is 5.63. The van der Waals surface area contributed by atoms with Crippen LogP contribution in [0.15, 0.2) is 41.3 Å². The van der Waals surface area contributed by atoms with Crippen molar-refractivity contribution in [2.24, 2.45) is 0 Å². The summed E-state index contributed by atoms with van der Waals surface area (Å²) in [7, 11) is 0. The zero-order chi connectivity index (χ0) is 20.4. The molecule has 3 amide bonds. The maximum absolute atomic E-state index is 12.6. The van der Waals surface area contributed by atoms with Gasteiger partial charge in [0, 0.05) is 20.8 Å². The van der Waals surface area contributed by atoms with Crippen molar-refractivity contribution in [1.82, 2.24) is 4.90 Å². The van der Waals surface area contributed by atoms with E-state index in [-0.39, 0.29) is 4.91 Å². The number of amides is 3. The monoisotopic (exact) mass is 454 g/mol. The van der Waals surface area contributed by atoms with Crippen molar-refractivity contribution in [3.05, 3.63) is 67.5 Å². The highest BCUT2D eigenvalue weighted by Crippen LogP contribution is 2.34. The number of aryl methyl sites for hydroxylation is 1. The fourth-order valence-electron chi connectivity index (χ4n) is 2.46. The number of carbonyl (C=O) groups is 3. The van der Waals surface area contributed by atoms with Crippen LogP contribution in [-0.2, 0) is 9.59 Å². The van der Waals surface area contributed by atoms with Gasteiger partial charge >= 0.3 is 0 Å². The van der Waals surface area contributed by atoms with Crippen LogP contribution in [0.5, 0.6) is 0 Å². The van der Waals surface area contributed by atoms with E-state index in [0.29, 0.717) is 26.3 Å². The van der Waals surface area contributed by atoms with Crippen molar-refractivity contribution in [1.29, 1.82) is 0 Å². The molecule has 1 heterocycles. The Hall–Kier alpha value is -1.99. The number of nitrogens with zero attached hydrogens (tertiary/aromatic N) is 1. The van der Waals surface area contributed by atoms with E-state index in [1.807, 2.05) is 6.92 Å². The first kappa shape index (κ1) is 20.7. The van der Waals surface area contributed by atoms with Crippen molar-refractivity contribution >= 4 is 75.4 Å². The van der Waals surface area contributed by atoms with Gasteiger partial charge in [-0.3, -0.25) is 19.3 Å². The highest BCUT2D eigenvalue weighted by Gasteiger charge is 2.36. The number of halogens is 3. The van der Waals surface area contributed by atoms with Gasteiger partial charge in [0.25, 0.3) is 11.1 Å². The number of thioether (sulfide) groups is 1. The molecule has 0 spiro atoms. The Bertz CT molecular complexity index is 1020. The molecule has 2 aromatic rings. The Balaban J connectivity index is 1.74. The summed E-state index contributed by atoms with van der Waals surface area (Å²) in [4.78, 5) is 38.1. The highest BCUT2D eigenvalue weighted by molar-refractivity contribution is 8.18. The van der Waals surface area contributed by atoms with E-state index in [1.54, 1.807) is 36.4 Å². The molecule has 0 aliphatic carbocycles. The summed E-state index contributed by atoms with van der Waals surface area (Å²) in [6.45, 7) is 1.41. The minimum Gasteiger partial charge on any atom is -0.324 e. The first-order chi connectivity index (χ1) is 13.2. The molecule has 1 N–H and O–H groups in total. The summed E-state index contributed by atoms with van der Waals surface area (Å²) < 4.78 is 0. The highest BCUT2D eigenvalue weighted by atomic mass is 35.5. The molecule has 0 atom stereocenters. The minimum atomic E-state index is -0.556. The lowest BCUT2D eigenvalue weighted by atomic mass is 10.2. The lowest BCUT2D eigenvalue weighted by Gasteiger charge is -2.13. The largest absolute Gasteiger partial charge is 0.324 e. The van der Waals surface area contributed by atoms with Gasteiger partial charge in [-0.2, -0.15) is 0 Å². The standard InChI is InChI=1S/C19H13Cl3N2O3S/c1-10-2-4-13(21)8-15(10)23-17(25)9-24-18(26)16(28-19(24)27)6-11-3-5-12(20)7-14(11)22/h2-8H,9H2,1H3,(H,23,25)/b16-6+. The van der Waals surface area contributed by atoms with Crippen molar-refractivity contribution in [2.75, 3.05) is 11.9 Å². The molecule has 144 valence electrons. The van der Waals surface area contributed by atoms with E-state index in [2.05, 4.69) is 5.32 Å². The van der Waals surface area contributed by atoms with Crippen LogP contribution in [0.25, 0.3) is 6.08 Å². The normalized spacial score (nSPS) is 15.4. The lowest BCUT2D eigenvalue weighted by Crippen LogP contribution is -2.36. The number of hydrogen-bond donors (Lipinski definition) is 1. The zero-order valence-electron chi connectivity index (χ0n) is 14.5. The number of benzene rings is 2. The molecule has 9 heteroatoms. The summed E-state index contributed by atoms with van der Waals surface area (Å²) in [6.07, 6.45) is 1.50. The average Bonchev–Trinajstić information content (AvgIpc) is 2.88. The second kappa shape index (κ2) is 8.57. The second-order valence-corrected chi connectivity index (χ2v) is 8.21. The molecule has 28 heavy (non-hydrogen) atoms. The van der Waals surface area contributed by atoms with Crippen molar-refractivity contribution in [2.45, 2.75) is 6.92 Å². The summed E-state index contributed by atoms with van der Waals surface area (Å²) >= 11 is 18.7. The van der Waals surface area contributed by atoms with Gasteiger partial charge in [0.2, 0.25) is 5.91 Å². The van der Waals surface area contributed by atoms with Crippen LogP contribution in [0.4, 0.5) is 10.5 Å². The first-order valence-corrected chi connectivity index (χ1v) is 9.96. The molecule has 1 fully saturated rings. The maximum atomic E-state index is 12.6. The van der Waals surface area contributed by atoms with E-state index < -0.39 is 23.6 Å². The number of rotatable bonds is 4. The molecule has 0 saturated carbocycles. The maximum Gasteiger partial charge on any atom is 0.294 e. The van der Waals surface area contributed by atoms with Gasteiger partial charge in [0.05, 0.1) is 4.91 Å². The molecule has 5 nitrogen and oxygen atoms in total. The minimum absolute atomic E-state index is 0.181. The molecular formula is C19H13Cl3N2O3S. The van der Waals surface area contributed by atoms with Gasteiger partial charge < -0.3 is 5.32 Å². The van der Waals surface area contributed by atoms with Gasteiger partial charge in [0.15, 0.2) is 0 Å². The van der Waals surface area contributed by atoms with Crippen LogP contribution in [0.2, 0.25) is 15.1 Å². The van der Waals surface area contributed by atoms with Crippen LogP contribution in [0.1, 0.15) is 11.1 Å². The fraction of sp³-hybridized carbons (Fsp3) is 0.105. The molecule has 1 saturated heterocycles. The average molecular weight is 456 g/mol. The number of hydrogen-bond acceptors (Lipinski definition) is 4. The van der Waals surface area contributed by atoms with Crippen LogP contribution < -0.4 is 5.32 Å². The Morgan fingerprint density at radius 2 is 1.79 bits per heavy atom. The van der Waals surface area contributed by atoms with Crippen LogP contribution in [0.3, 0.4) is 0 Å². The van der Waals surface area contributed by atoms with Crippen LogP contribution >= 0.6 is 46.6 Å². The van der Waals surface area contributed by atoms with Crippen molar-refractivity contribution < 1.29 is 14.4 Å². The van der Waals surface area contributed by atoms with Gasteiger partial charge in [-0.15, -0.1) is 0 Å². The van der Waals surface area contributed by atoms with Crippen LogP contribution in [0, 0.1) is 6.92 Å². The molecule has 3 rings (SSSR count). The van der Waals surface area contributed by atoms with Gasteiger partial charge in [0.1, 0.15) is 6.54 Å². The van der Waals surface area contributed by atoms with Crippen molar-refractivity contribution in [3.8, 4) is 0 Å². The summed E-state index contributed by atoms with van der Waals surface area (Å²) in [5, 5.41) is 3.42. The third-order valence-corrected chi connectivity index (χ3v) is 5.60. The van der Waals surface area contributed by atoms with Gasteiger partial charge in [-0.05, 0) is 60.2 Å². The molecule has 1 aliphatic rings. The molecule has 0 bridgehead atoms. The Kier molecular flexibility index (Phi) is 6.35. The quantitative estimate of drug-likeness (QED) is 0.607. The first-order valence-electron chi connectivity index (χ1n) is 8.01. The molecule has 0 aromatic heterocycles. The van der Waals surface area contributed by atoms with Crippen molar-refractivity contribution in [3.63, 3.8) is 0 Å². The van der Waals surface area contributed by atoms with E-state index in [4.69, 9.17) is 34.8 Å². The van der Waals surface area contributed by atoms with E-state index in [0.717, 1.165) is 22.2 Å². The predicted molar refractivity (Wildman–Crippen MR) is 114 cm³/mol. The topological polar surface area (TPSA) is 66.5 Å². The molecule has 1 aliphatic heterocycles. The van der Waals surface area contributed by atoms with Gasteiger partial charge in [-0.1, -0.05) is 46.9 Å². The summed E-state index contributed by atoms with van der Waals surface area (Å²) in [6, 6.07) is 9.88. The smallest absolute Gasteiger partial charge is 0.294 e. The van der Waals surface area contributed by atoms with Crippen LogP contribution in [-0.4, -0.2) is 28.5 Å². The molecular weight excluding hydrogens is 443 g/mol. The summed E-state index contributed by atoms with van der Waals surface area (Å²) in [5.41, 5.74) is 1.88. The third kappa shape index (κ3) is 4.70. The second-order valence-electron chi connectivity index (χ2n) is 5.94. The Morgan fingerprint density at radius 3 is 2.50 bits per heavy atom. The van der Waals surface area contributed by atoms with E-state index in [9.17, 15) is 14.4 Å². The molecule has 0 radical (unpaired) electrons. The Labute approximate surface area is 180 Å². The SMILES string of the molecule is Cc1ccc(Cl)cc1NC(=O)CN1C(=O)S/C(=C/c2ccc(Cl)cc2Cl)C1=O. The number of carbonyl (C=O) groups excluding carboxylic acids is 3. The number of anilines is 1.